The molecule has 2 aromatic carbocycles. The average molecular weight is 389 g/mol. The number of carbonyl (C=O) groups excluding carboxylic acids is 2. The normalized spacial score (nSPS) is 12.9. The van der Waals surface area contributed by atoms with Gasteiger partial charge in [-0.05, 0) is 67.3 Å². The quantitative estimate of drug-likeness (QED) is 0.647. The molecule has 2 amide bonds. The van der Waals surface area contributed by atoms with E-state index >= 15 is 0 Å². The maximum Gasteiger partial charge on any atom is 0.255 e. The number of carbonyl (C=O) groups is 2. The zero-order chi connectivity index (χ0) is 19.8. The van der Waals surface area contributed by atoms with Gasteiger partial charge in [-0.15, -0.1) is 0 Å². The van der Waals surface area contributed by atoms with Crippen LogP contribution in [0.4, 0.5) is 10.1 Å². The van der Waals surface area contributed by atoms with Crippen molar-refractivity contribution >= 4 is 29.3 Å². The van der Waals surface area contributed by atoms with E-state index in [0.717, 1.165) is 11.3 Å². The fourth-order valence-corrected chi connectivity index (χ4v) is 2.93. The van der Waals surface area contributed by atoms with E-state index in [1.165, 1.54) is 24.3 Å². The summed E-state index contributed by atoms with van der Waals surface area (Å²) in [6, 6.07) is 11.8. The predicted molar refractivity (Wildman–Crippen MR) is 108 cm³/mol. The summed E-state index contributed by atoms with van der Waals surface area (Å²) in [7, 11) is 0. The van der Waals surface area contributed by atoms with Gasteiger partial charge in [0.15, 0.2) is 0 Å². The lowest BCUT2D eigenvalue weighted by Crippen LogP contribution is -2.41. The van der Waals surface area contributed by atoms with Gasteiger partial charge >= 0.3 is 0 Å². The molecule has 5 nitrogen and oxygen atoms in total. The average Bonchev–Trinajstić information content (AvgIpc) is 2.66. The SMILES string of the molecule is CSCC[C@H](N)C(=O)NC(C)c1ccc(NC(=O)c2ccc(F)cc2)cc1. The Kier molecular flexibility index (Phi) is 7.82. The molecule has 0 aliphatic carbocycles. The molecule has 0 aliphatic rings. The van der Waals surface area contributed by atoms with Crippen molar-refractivity contribution in [2.24, 2.45) is 5.73 Å². The molecule has 27 heavy (non-hydrogen) atoms. The van der Waals surface area contributed by atoms with Crippen molar-refractivity contribution in [1.29, 1.82) is 0 Å². The molecule has 0 aromatic heterocycles. The largest absolute Gasteiger partial charge is 0.348 e. The molecular formula is C20H24FN3O2S. The number of hydrogen-bond donors (Lipinski definition) is 3. The molecule has 2 aromatic rings. The van der Waals surface area contributed by atoms with Gasteiger partial charge in [-0.2, -0.15) is 11.8 Å². The summed E-state index contributed by atoms with van der Waals surface area (Å²) in [4.78, 5) is 24.2. The second kappa shape index (κ2) is 10.1. The van der Waals surface area contributed by atoms with Crippen molar-refractivity contribution in [2.75, 3.05) is 17.3 Å². The number of nitrogens with one attached hydrogen (secondary N) is 2. The van der Waals surface area contributed by atoms with Crippen molar-refractivity contribution in [2.45, 2.75) is 25.4 Å². The third-order valence-electron chi connectivity index (χ3n) is 4.10. The van der Waals surface area contributed by atoms with Crippen molar-refractivity contribution in [1.82, 2.24) is 5.32 Å². The van der Waals surface area contributed by atoms with Crippen molar-refractivity contribution in [3.63, 3.8) is 0 Å². The highest BCUT2D eigenvalue weighted by molar-refractivity contribution is 7.98. The molecule has 0 aliphatic heterocycles. The van der Waals surface area contributed by atoms with Gasteiger partial charge < -0.3 is 16.4 Å². The summed E-state index contributed by atoms with van der Waals surface area (Å²) >= 11 is 1.65. The van der Waals surface area contributed by atoms with Crippen LogP contribution in [0.2, 0.25) is 0 Å². The van der Waals surface area contributed by atoms with E-state index < -0.39 is 6.04 Å². The molecule has 144 valence electrons. The lowest BCUT2D eigenvalue weighted by Gasteiger charge is -2.18. The highest BCUT2D eigenvalue weighted by Gasteiger charge is 2.16. The summed E-state index contributed by atoms with van der Waals surface area (Å²) in [5.41, 5.74) is 7.77. The van der Waals surface area contributed by atoms with Gasteiger partial charge in [0.2, 0.25) is 5.91 Å². The van der Waals surface area contributed by atoms with Gasteiger partial charge in [0.05, 0.1) is 12.1 Å². The summed E-state index contributed by atoms with van der Waals surface area (Å²) in [5.74, 6) is -0.0417. The molecule has 0 saturated heterocycles. The molecule has 0 saturated carbocycles. The minimum atomic E-state index is -0.519. The summed E-state index contributed by atoms with van der Waals surface area (Å²) in [6.07, 6.45) is 2.61. The summed E-state index contributed by atoms with van der Waals surface area (Å²) in [5, 5.41) is 5.66. The van der Waals surface area contributed by atoms with E-state index in [2.05, 4.69) is 10.6 Å². The van der Waals surface area contributed by atoms with Crippen LogP contribution in [-0.4, -0.2) is 29.9 Å². The van der Waals surface area contributed by atoms with Gasteiger partial charge in [-0.3, -0.25) is 9.59 Å². The molecule has 0 spiro atoms. The fourth-order valence-electron chi connectivity index (χ4n) is 2.44. The van der Waals surface area contributed by atoms with Gasteiger partial charge in [-0.25, -0.2) is 4.39 Å². The number of thioether (sulfide) groups is 1. The van der Waals surface area contributed by atoms with E-state index in [-0.39, 0.29) is 23.7 Å². The molecule has 2 atom stereocenters. The Balaban J connectivity index is 1.92. The molecule has 4 N–H and O–H groups in total. The van der Waals surface area contributed by atoms with Crippen LogP contribution in [-0.2, 0) is 4.79 Å². The van der Waals surface area contributed by atoms with Gasteiger partial charge in [0.1, 0.15) is 5.82 Å². The third-order valence-corrected chi connectivity index (χ3v) is 4.75. The molecule has 0 bridgehead atoms. The lowest BCUT2D eigenvalue weighted by molar-refractivity contribution is -0.123. The highest BCUT2D eigenvalue weighted by Crippen LogP contribution is 2.17. The highest BCUT2D eigenvalue weighted by atomic mass is 32.2. The van der Waals surface area contributed by atoms with Crippen LogP contribution < -0.4 is 16.4 Å². The zero-order valence-corrected chi connectivity index (χ0v) is 16.2. The first kappa shape index (κ1) is 20.9. The van der Waals surface area contributed by atoms with Gasteiger partial charge in [-0.1, -0.05) is 12.1 Å². The Hall–Kier alpha value is -2.38. The lowest BCUT2D eigenvalue weighted by atomic mass is 10.1. The van der Waals surface area contributed by atoms with E-state index in [0.29, 0.717) is 17.7 Å². The Bertz CT molecular complexity index is 766. The first-order valence-electron chi connectivity index (χ1n) is 8.62. The molecule has 0 fully saturated rings. The van der Waals surface area contributed by atoms with Crippen molar-refractivity contribution in [3.05, 3.63) is 65.5 Å². The molecule has 2 rings (SSSR count). The third kappa shape index (κ3) is 6.37. The van der Waals surface area contributed by atoms with Crippen LogP contribution in [0.5, 0.6) is 0 Å². The maximum atomic E-state index is 12.9. The van der Waals surface area contributed by atoms with E-state index in [4.69, 9.17) is 5.73 Å². The van der Waals surface area contributed by atoms with Crippen LogP contribution in [0.1, 0.15) is 35.3 Å². The molecule has 0 heterocycles. The molecule has 7 heteroatoms. The summed E-state index contributed by atoms with van der Waals surface area (Å²) < 4.78 is 12.9. The predicted octanol–water partition coefficient (Wildman–Crippen LogP) is 3.34. The van der Waals surface area contributed by atoms with E-state index in [1.54, 1.807) is 23.9 Å². The van der Waals surface area contributed by atoms with Crippen LogP contribution in [0.3, 0.4) is 0 Å². The van der Waals surface area contributed by atoms with Crippen molar-refractivity contribution in [3.8, 4) is 0 Å². The Labute approximate surface area is 162 Å². The molecule has 1 unspecified atom stereocenters. The van der Waals surface area contributed by atoms with Crippen LogP contribution >= 0.6 is 11.8 Å². The van der Waals surface area contributed by atoms with Crippen LogP contribution in [0, 0.1) is 5.82 Å². The standard InChI is InChI=1S/C20H24FN3O2S/c1-13(23-20(26)18(22)11-12-27-2)14-5-9-17(10-6-14)24-19(25)15-3-7-16(21)8-4-15/h3-10,13,18H,11-12,22H2,1-2H3,(H,23,26)(H,24,25)/t13?,18-/m0/s1. The first-order chi connectivity index (χ1) is 12.9. The zero-order valence-electron chi connectivity index (χ0n) is 15.4. The number of halogens is 1. The van der Waals surface area contributed by atoms with Crippen molar-refractivity contribution < 1.29 is 14.0 Å². The molecule has 0 radical (unpaired) electrons. The van der Waals surface area contributed by atoms with Gasteiger partial charge in [0, 0.05) is 11.3 Å². The van der Waals surface area contributed by atoms with Gasteiger partial charge in [0.25, 0.3) is 5.91 Å². The monoisotopic (exact) mass is 389 g/mol. The minimum Gasteiger partial charge on any atom is -0.348 e. The minimum absolute atomic E-state index is 0.176. The number of amides is 2. The number of benzene rings is 2. The second-order valence-corrected chi connectivity index (χ2v) is 7.19. The first-order valence-corrected chi connectivity index (χ1v) is 10.0. The Morgan fingerprint density at radius 1 is 1.11 bits per heavy atom. The van der Waals surface area contributed by atoms with E-state index in [1.807, 2.05) is 25.3 Å². The molecular weight excluding hydrogens is 365 g/mol. The maximum absolute atomic E-state index is 12.9. The number of rotatable bonds is 8. The Morgan fingerprint density at radius 2 is 1.74 bits per heavy atom. The van der Waals surface area contributed by atoms with E-state index in [9.17, 15) is 14.0 Å². The number of anilines is 1. The number of nitrogens with two attached hydrogens (primary N) is 1. The van der Waals surface area contributed by atoms with Crippen LogP contribution in [0.25, 0.3) is 0 Å². The Morgan fingerprint density at radius 3 is 2.33 bits per heavy atom. The van der Waals surface area contributed by atoms with Crippen LogP contribution in [0.15, 0.2) is 48.5 Å². The number of hydrogen-bond acceptors (Lipinski definition) is 4. The topological polar surface area (TPSA) is 84.2 Å². The fraction of sp³-hybridized carbons (Fsp3) is 0.300. The smallest absolute Gasteiger partial charge is 0.255 e. The second-order valence-electron chi connectivity index (χ2n) is 6.20. The summed E-state index contributed by atoms with van der Waals surface area (Å²) in [6.45, 7) is 1.88.